The molecule has 5 nitrogen and oxygen atoms in total. The summed E-state index contributed by atoms with van der Waals surface area (Å²) in [4.78, 5) is 17.2. The molecule has 24 heavy (non-hydrogen) atoms. The van der Waals surface area contributed by atoms with Crippen molar-refractivity contribution in [3.05, 3.63) is 0 Å². The lowest BCUT2D eigenvalue weighted by Gasteiger charge is -2.41. The van der Waals surface area contributed by atoms with Gasteiger partial charge in [-0.25, -0.2) is 0 Å². The summed E-state index contributed by atoms with van der Waals surface area (Å²) in [6, 6.07) is 0.803. The molecule has 0 aromatic heterocycles. The van der Waals surface area contributed by atoms with E-state index in [0.717, 1.165) is 56.9 Å². The minimum atomic E-state index is -0.326. The van der Waals surface area contributed by atoms with Gasteiger partial charge in [-0.3, -0.25) is 9.69 Å². The smallest absolute Gasteiger partial charge is 0.222 e. The topological polar surface area (TPSA) is 48.3 Å². The van der Waals surface area contributed by atoms with Gasteiger partial charge in [0.15, 0.2) is 5.66 Å². The molecule has 2 bridgehead atoms. The molecule has 2 aliphatic heterocycles. The highest BCUT2D eigenvalue weighted by atomic mass is 16.2. The van der Waals surface area contributed by atoms with Crippen LogP contribution >= 0.6 is 0 Å². The number of hydrogen-bond acceptors (Lipinski definition) is 4. The van der Waals surface area contributed by atoms with Crippen LogP contribution < -0.4 is 0 Å². The quantitative estimate of drug-likeness (QED) is 0.704. The summed E-state index contributed by atoms with van der Waals surface area (Å²) in [6.45, 7) is 3.88. The van der Waals surface area contributed by atoms with Crippen LogP contribution in [0.25, 0.3) is 0 Å². The zero-order chi connectivity index (χ0) is 16.6. The molecule has 2 saturated carbocycles. The maximum absolute atomic E-state index is 12.5. The Kier molecular flexibility index (Phi) is 4.34. The van der Waals surface area contributed by atoms with E-state index in [-0.39, 0.29) is 11.6 Å². The monoisotopic (exact) mass is 328 g/mol. The van der Waals surface area contributed by atoms with Crippen LogP contribution in [0, 0.1) is 24.2 Å². The third-order valence-electron chi connectivity index (χ3n) is 6.63. The fraction of sp³-hybridized carbons (Fsp3) is 0.842. The Morgan fingerprint density at radius 2 is 1.92 bits per heavy atom. The van der Waals surface area contributed by atoms with E-state index < -0.39 is 0 Å². The number of piperazine rings is 1. The maximum atomic E-state index is 12.5. The molecule has 0 aromatic rings. The van der Waals surface area contributed by atoms with Gasteiger partial charge < -0.3 is 4.90 Å². The first-order valence-electron chi connectivity index (χ1n) is 9.58. The number of nitrogens with zero attached hydrogens (tertiary/aromatic N) is 4. The van der Waals surface area contributed by atoms with Gasteiger partial charge in [0.25, 0.3) is 0 Å². The molecule has 3 fully saturated rings. The van der Waals surface area contributed by atoms with E-state index >= 15 is 0 Å². The van der Waals surface area contributed by atoms with Crippen molar-refractivity contribution in [1.82, 2.24) is 9.80 Å². The second-order valence-corrected chi connectivity index (χ2v) is 8.05. The molecule has 1 saturated heterocycles. The van der Waals surface area contributed by atoms with E-state index in [1.54, 1.807) is 0 Å². The zero-order valence-electron chi connectivity index (χ0n) is 14.5. The zero-order valence-corrected chi connectivity index (χ0v) is 14.5. The Bertz CT molecular complexity index is 552. The molecule has 2 aliphatic carbocycles. The van der Waals surface area contributed by atoms with Crippen LogP contribution in [0.5, 0.6) is 0 Å². The van der Waals surface area contributed by atoms with Crippen molar-refractivity contribution in [2.75, 3.05) is 26.2 Å². The van der Waals surface area contributed by atoms with Gasteiger partial charge in [0.1, 0.15) is 0 Å². The van der Waals surface area contributed by atoms with Crippen LogP contribution in [0.1, 0.15) is 51.4 Å². The molecule has 5 heteroatoms. The SMILES string of the molecule is C#CCCC1(CCC(=O)N2CCN(C3CC4CCC3C4)CC2)N=N1. The summed E-state index contributed by atoms with van der Waals surface area (Å²) in [5.74, 6) is 4.83. The lowest BCUT2D eigenvalue weighted by molar-refractivity contribution is -0.133. The van der Waals surface area contributed by atoms with Gasteiger partial charge in [0.05, 0.1) is 0 Å². The van der Waals surface area contributed by atoms with E-state index in [1.165, 1.54) is 25.7 Å². The van der Waals surface area contributed by atoms with Crippen LogP contribution in [0.4, 0.5) is 0 Å². The van der Waals surface area contributed by atoms with Crippen molar-refractivity contribution in [2.45, 2.75) is 63.1 Å². The second kappa shape index (κ2) is 6.48. The summed E-state index contributed by atoms with van der Waals surface area (Å²) in [5, 5.41) is 8.25. The largest absolute Gasteiger partial charge is 0.340 e. The maximum Gasteiger partial charge on any atom is 0.222 e. The fourth-order valence-electron chi connectivity index (χ4n) is 5.09. The first-order valence-corrected chi connectivity index (χ1v) is 9.58. The Balaban J connectivity index is 1.20. The van der Waals surface area contributed by atoms with Crippen molar-refractivity contribution in [3.63, 3.8) is 0 Å². The molecule has 3 unspecified atom stereocenters. The Morgan fingerprint density at radius 1 is 1.12 bits per heavy atom. The minimum Gasteiger partial charge on any atom is -0.340 e. The van der Waals surface area contributed by atoms with E-state index in [1.807, 2.05) is 4.90 Å². The standard InChI is InChI=1S/C19H28N4O/c1-2-3-7-19(20-21-19)8-6-18(24)23-11-9-22(10-12-23)17-14-15-4-5-16(17)13-15/h1,15-17H,3-14H2. The van der Waals surface area contributed by atoms with Gasteiger partial charge in [0, 0.05) is 57.9 Å². The third-order valence-corrected chi connectivity index (χ3v) is 6.63. The first-order chi connectivity index (χ1) is 11.7. The van der Waals surface area contributed by atoms with Gasteiger partial charge in [-0.05, 0) is 31.1 Å². The summed E-state index contributed by atoms with van der Waals surface area (Å²) >= 11 is 0. The van der Waals surface area contributed by atoms with Crippen LogP contribution in [0.15, 0.2) is 10.2 Å². The van der Waals surface area contributed by atoms with Crippen molar-refractivity contribution in [2.24, 2.45) is 22.1 Å². The molecule has 1 amide bonds. The summed E-state index contributed by atoms with van der Waals surface area (Å²) < 4.78 is 0. The van der Waals surface area contributed by atoms with Gasteiger partial charge >= 0.3 is 0 Å². The van der Waals surface area contributed by atoms with Gasteiger partial charge in [-0.1, -0.05) is 6.42 Å². The van der Waals surface area contributed by atoms with Crippen molar-refractivity contribution >= 4 is 5.91 Å². The molecule has 0 spiro atoms. The first kappa shape index (κ1) is 16.1. The summed E-state index contributed by atoms with van der Waals surface area (Å²) in [7, 11) is 0. The Morgan fingerprint density at radius 3 is 2.50 bits per heavy atom. The highest BCUT2D eigenvalue weighted by Crippen LogP contribution is 2.46. The van der Waals surface area contributed by atoms with Crippen molar-refractivity contribution in [1.29, 1.82) is 0 Å². The third kappa shape index (κ3) is 3.21. The molecule has 4 aliphatic rings. The molecular weight excluding hydrogens is 300 g/mol. The van der Waals surface area contributed by atoms with Crippen LogP contribution in [0.2, 0.25) is 0 Å². The lowest BCUT2D eigenvalue weighted by atomic mass is 9.93. The van der Waals surface area contributed by atoms with E-state index in [2.05, 4.69) is 21.0 Å². The second-order valence-electron chi connectivity index (χ2n) is 8.05. The molecule has 130 valence electrons. The van der Waals surface area contributed by atoms with Gasteiger partial charge in [-0.15, -0.1) is 12.3 Å². The summed E-state index contributed by atoms with van der Waals surface area (Å²) in [6.07, 6.45) is 13.8. The predicted octanol–water partition coefficient (Wildman–Crippen LogP) is 2.67. The van der Waals surface area contributed by atoms with Gasteiger partial charge in [-0.2, -0.15) is 10.2 Å². The Hall–Kier alpha value is -1.41. The molecular formula is C19H28N4O. The highest BCUT2D eigenvalue weighted by molar-refractivity contribution is 5.76. The molecule has 0 aromatic carbocycles. The molecule has 0 N–H and O–H groups in total. The van der Waals surface area contributed by atoms with Crippen LogP contribution in [0.3, 0.4) is 0 Å². The van der Waals surface area contributed by atoms with Gasteiger partial charge in [0.2, 0.25) is 5.91 Å². The average Bonchev–Trinajstić information content (AvgIpc) is 3.06. The number of terminal acetylenes is 1. The number of hydrogen-bond donors (Lipinski definition) is 0. The molecule has 4 rings (SSSR count). The fourth-order valence-corrected chi connectivity index (χ4v) is 5.09. The highest BCUT2D eigenvalue weighted by Gasteiger charge is 2.43. The van der Waals surface area contributed by atoms with E-state index in [9.17, 15) is 4.79 Å². The molecule has 2 heterocycles. The molecule has 3 atom stereocenters. The van der Waals surface area contributed by atoms with E-state index in [4.69, 9.17) is 6.42 Å². The minimum absolute atomic E-state index is 0.264. The number of fused-ring (bicyclic) bond motifs is 2. The summed E-state index contributed by atoms with van der Waals surface area (Å²) in [5.41, 5.74) is -0.326. The lowest BCUT2D eigenvalue weighted by Crippen LogP contribution is -2.53. The van der Waals surface area contributed by atoms with Crippen LogP contribution in [-0.2, 0) is 4.79 Å². The number of carbonyl (C=O) groups is 1. The Labute approximate surface area is 144 Å². The number of amides is 1. The molecule has 0 radical (unpaired) electrons. The number of carbonyl (C=O) groups excluding carboxylic acids is 1. The average molecular weight is 328 g/mol. The van der Waals surface area contributed by atoms with Crippen molar-refractivity contribution < 1.29 is 4.79 Å². The van der Waals surface area contributed by atoms with E-state index in [0.29, 0.717) is 12.8 Å². The van der Waals surface area contributed by atoms with Crippen molar-refractivity contribution in [3.8, 4) is 12.3 Å². The normalized spacial score (nSPS) is 33.6. The number of rotatable bonds is 6. The predicted molar refractivity (Wildman–Crippen MR) is 92.3 cm³/mol. The van der Waals surface area contributed by atoms with Crippen LogP contribution in [-0.4, -0.2) is 53.6 Å².